The van der Waals surface area contributed by atoms with Gasteiger partial charge in [0.25, 0.3) is 10.0 Å². The van der Waals surface area contributed by atoms with E-state index in [9.17, 15) is 17.6 Å². The van der Waals surface area contributed by atoms with Gasteiger partial charge in [0.2, 0.25) is 0 Å². The number of sulfonamides is 1. The second kappa shape index (κ2) is 4.26. The number of urea groups is 1. The molecule has 2 amide bonds. The standard InChI is InChI=1S/C7H7BrFN3O3S/c8-4-1-3(10)2-5(6(4)9)16(14,15)12-7(11)13/h1-2H,10H2,(H3,11,12,13). The predicted octanol–water partition coefficient (Wildman–Crippen LogP) is 0.527. The van der Waals surface area contributed by atoms with Crippen LogP contribution in [-0.4, -0.2) is 14.4 Å². The zero-order valence-electron chi connectivity index (χ0n) is 7.70. The molecule has 9 heteroatoms. The number of amides is 2. The molecule has 0 aliphatic heterocycles. The molecule has 6 nitrogen and oxygen atoms in total. The van der Waals surface area contributed by atoms with Gasteiger partial charge in [0.05, 0.1) is 4.47 Å². The number of hydrogen-bond acceptors (Lipinski definition) is 4. The van der Waals surface area contributed by atoms with Crippen LogP contribution in [0.5, 0.6) is 0 Å². The van der Waals surface area contributed by atoms with Crippen LogP contribution >= 0.6 is 15.9 Å². The van der Waals surface area contributed by atoms with Gasteiger partial charge in [-0.25, -0.2) is 22.3 Å². The molecule has 0 heterocycles. The summed E-state index contributed by atoms with van der Waals surface area (Å²) in [5.41, 5.74) is 10.0. The fourth-order valence-corrected chi connectivity index (χ4v) is 2.59. The lowest BCUT2D eigenvalue weighted by Crippen LogP contribution is -2.35. The van der Waals surface area contributed by atoms with Crippen LogP contribution in [0.3, 0.4) is 0 Å². The predicted molar refractivity (Wildman–Crippen MR) is 58.4 cm³/mol. The Labute approximate surface area is 99.0 Å². The van der Waals surface area contributed by atoms with E-state index in [0.717, 1.165) is 6.07 Å². The van der Waals surface area contributed by atoms with Crippen LogP contribution in [0.4, 0.5) is 14.9 Å². The summed E-state index contributed by atoms with van der Waals surface area (Å²) in [4.78, 5) is 9.68. The molecule has 0 atom stereocenters. The maximum atomic E-state index is 13.5. The third-order valence-corrected chi connectivity index (χ3v) is 3.46. The molecule has 0 radical (unpaired) electrons. The maximum absolute atomic E-state index is 13.5. The Balaban J connectivity index is 3.39. The molecular formula is C7H7BrFN3O3S. The minimum Gasteiger partial charge on any atom is -0.399 e. The summed E-state index contributed by atoms with van der Waals surface area (Å²) >= 11 is 2.79. The summed E-state index contributed by atoms with van der Waals surface area (Å²) in [6.07, 6.45) is 0. The number of halogens is 2. The number of hydrogen-bond donors (Lipinski definition) is 3. The number of primary amides is 1. The van der Waals surface area contributed by atoms with Crippen molar-refractivity contribution < 1.29 is 17.6 Å². The van der Waals surface area contributed by atoms with Crippen LogP contribution in [-0.2, 0) is 10.0 Å². The molecule has 88 valence electrons. The summed E-state index contributed by atoms with van der Waals surface area (Å²) in [6, 6.07) is 0.766. The van der Waals surface area contributed by atoms with Crippen molar-refractivity contribution in [3.63, 3.8) is 0 Å². The Morgan fingerprint density at radius 2 is 2.00 bits per heavy atom. The summed E-state index contributed by atoms with van der Waals surface area (Å²) in [7, 11) is -4.34. The summed E-state index contributed by atoms with van der Waals surface area (Å²) in [6.45, 7) is 0. The minimum atomic E-state index is -4.34. The molecule has 1 rings (SSSR count). The molecule has 0 fully saturated rings. The molecule has 0 aliphatic rings. The first-order valence-electron chi connectivity index (χ1n) is 3.81. The first-order chi connectivity index (χ1) is 7.24. The van der Waals surface area contributed by atoms with Crippen molar-refractivity contribution in [3.05, 3.63) is 22.4 Å². The van der Waals surface area contributed by atoms with E-state index in [-0.39, 0.29) is 10.2 Å². The lowest BCUT2D eigenvalue weighted by molar-refractivity contribution is 0.253. The zero-order valence-corrected chi connectivity index (χ0v) is 10.1. The molecule has 1 aromatic carbocycles. The van der Waals surface area contributed by atoms with Crippen LogP contribution in [0.2, 0.25) is 0 Å². The van der Waals surface area contributed by atoms with Gasteiger partial charge in [-0.15, -0.1) is 0 Å². The topological polar surface area (TPSA) is 115 Å². The minimum absolute atomic E-state index is 0.0260. The number of nitrogens with two attached hydrogens (primary N) is 2. The summed E-state index contributed by atoms with van der Waals surface area (Å²) in [5.74, 6) is -1.05. The van der Waals surface area contributed by atoms with E-state index in [1.165, 1.54) is 10.8 Å². The van der Waals surface area contributed by atoms with Crippen LogP contribution in [0.15, 0.2) is 21.5 Å². The molecule has 0 bridgehead atoms. The van der Waals surface area contributed by atoms with Gasteiger partial charge < -0.3 is 11.5 Å². The molecule has 0 spiro atoms. The van der Waals surface area contributed by atoms with E-state index in [4.69, 9.17) is 5.73 Å². The van der Waals surface area contributed by atoms with Gasteiger partial charge in [-0.3, -0.25) is 0 Å². The van der Waals surface area contributed by atoms with Crippen LogP contribution < -0.4 is 16.2 Å². The van der Waals surface area contributed by atoms with Crippen molar-refractivity contribution in [2.45, 2.75) is 4.90 Å². The Morgan fingerprint density at radius 1 is 1.44 bits per heavy atom. The SMILES string of the molecule is NC(=O)NS(=O)(=O)c1cc(N)cc(Br)c1F. The Hall–Kier alpha value is -1.35. The van der Waals surface area contributed by atoms with Gasteiger partial charge in [0.15, 0.2) is 5.82 Å². The largest absolute Gasteiger partial charge is 0.399 e. The Bertz CT molecular complexity index is 546. The molecule has 0 unspecified atom stereocenters. The Morgan fingerprint density at radius 3 is 2.50 bits per heavy atom. The first kappa shape index (κ1) is 12.7. The number of carbonyl (C=O) groups excluding carboxylic acids is 1. The molecular weight excluding hydrogens is 305 g/mol. The van der Waals surface area contributed by atoms with E-state index < -0.39 is 26.8 Å². The molecule has 0 saturated carbocycles. The second-order valence-corrected chi connectivity index (χ2v) is 5.29. The van der Waals surface area contributed by atoms with Gasteiger partial charge in [0.1, 0.15) is 4.90 Å². The number of nitrogens with one attached hydrogen (secondary N) is 1. The van der Waals surface area contributed by atoms with Crippen LogP contribution in [0, 0.1) is 5.82 Å². The highest BCUT2D eigenvalue weighted by Crippen LogP contribution is 2.25. The smallest absolute Gasteiger partial charge is 0.326 e. The van der Waals surface area contributed by atoms with E-state index in [2.05, 4.69) is 21.7 Å². The highest BCUT2D eigenvalue weighted by molar-refractivity contribution is 9.10. The Kier molecular flexibility index (Phi) is 3.38. The van der Waals surface area contributed by atoms with Crippen LogP contribution in [0.25, 0.3) is 0 Å². The van der Waals surface area contributed by atoms with Gasteiger partial charge in [-0.2, -0.15) is 0 Å². The quantitative estimate of drug-likeness (QED) is 0.691. The number of benzene rings is 1. The fourth-order valence-electron chi connectivity index (χ4n) is 0.967. The van der Waals surface area contributed by atoms with Crippen LogP contribution in [0.1, 0.15) is 0 Å². The van der Waals surface area contributed by atoms with Gasteiger partial charge in [-0.05, 0) is 28.1 Å². The molecule has 16 heavy (non-hydrogen) atoms. The molecule has 0 aromatic heterocycles. The second-order valence-electron chi connectivity index (χ2n) is 2.78. The lowest BCUT2D eigenvalue weighted by atomic mass is 10.3. The first-order valence-corrected chi connectivity index (χ1v) is 6.08. The van der Waals surface area contributed by atoms with E-state index in [1.54, 1.807) is 0 Å². The molecule has 5 N–H and O–H groups in total. The number of nitrogen functional groups attached to an aromatic ring is 1. The monoisotopic (exact) mass is 311 g/mol. The molecule has 0 aliphatic carbocycles. The third-order valence-electron chi connectivity index (χ3n) is 1.54. The maximum Gasteiger partial charge on any atom is 0.326 e. The number of carbonyl (C=O) groups is 1. The van der Waals surface area contributed by atoms with Gasteiger partial charge >= 0.3 is 6.03 Å². The number of anilines is 1. The van der Waals surface area contributed by atoms with Crippen molar-refractivity contribution in [2.24, 2.45) is 5.73 Å². The summed E-state index contributed by atoms with van der Waals surface area (Å²) in [5, 5.41) is 0. The lowest BCUT2D eigenvalue weighted by Gasteiger charge is -2.07. The average molecular weight is 312 g/mol. The van der Waals surface area contributed by atoms with Crippen molar-refractivity contribution in [1.82, 2.24) is 4.72 Å². The normalized spacial score (nSPS) is 11.1. The van der Waals surface area contributed by atoms with Gasteiger partial charge in [-0.1, -0.05) is 0 Å². The van der Waals surface area contributed by atoms with Crippen molar-refractivity contribution in [1.29, 1.82) is 0 Å². The fraction of sp³-hybridized carbons (Fsp3) is 0. The van der Waals surface area contributed by atoms with Crippen molar-refractivity contribution in [3.8, 4) is 0 Å². The average Bonchev–Trinajstić information content (AvgIpc) is 2.08. The van der Waals surface area contributed by atoms with E-state index in [1.807, 2.05) is 0 Å². The molecule has 1 aromatic rings. The summed E-state index contributed by atoms with van der Waals surface area (Å²) < 4.78 is 37.6. The third kappa shape index (κ3) is 2.61. The van der Waals surface area contributed by atoms with Gasteiger partial charge in [0, 0.05) is 5.69 Å². The number of rotatable bonds is 2. The van der Waals surface area contributed by atoms with Crippen molar-refractivity contribution >= 4 is 37.7 Å². The highest BCUT2D eigenvalue weighted by Gasteiger charge is 2.22. The zero-order chi connectivity index (χ0) is 12.5. The molecule has 0 saturated heterocycles. The highest BCUT2D eigenvalue weighted by atomic mass is 79.9. The van der Waals surface area contributed by atoms with E-state index in [0.29, 0.717) is 0 Å². The van der Waals surface area contributed by atoms with E-state index >= 15 is 0 Å². The van der Waals surface area contributed by atoms with Crippen molar-refractivity contribution in [2.75, 3.05) is 5.73 Å².